The van der Waals surface area contributed by atoms with Gasteiger partial charge in [0.05, 0.1) is 16.2 Å². The molecular formula is C32H27Cl2IN2O7. The number of aliphatic hydroxyl groups excluding tert-OH is 2. The number of ether oxygens (including phenoxy) is 1. The highest BCUT2D eigenvalue weighted by molar-refractivity contribution is 14.1. The van der Waals surface area contributed by atoms with Crippen LogP contribution in [0.2, 0.25) is 10.0 Å². The van der Waals surface area contributed by atoms with Gasteiger partial charge in [-0.2, -0.15) is 0 Å². The summed E-state index contributed by atoms with van der Waals surface area (Å²) >= 11 is 14.7. The molecule has 0 fully saturated rings. The van der Waals surface area contributed by atoms with Crippen LogP contribution in [0.1, 0.15) is 22.3 Å². The Labute approximate surface area is 276 Å². The quantitative estimate of drug-likeness (QED) is 0.163. The summed E-state index contributed by atoms with van der Waals surface area (Å²) in [7, 11) is 0. The molecule has 0 unspecified atom stereocenters. The average molecular weight is 749 g/mol. The molecule has 3 N–H and O–H groups in total. The molecule has 1 heterocycles. The number of hydrogen-bond donors (Lipinski definition) is 3. The van der Waals surface area contributed by atoms with E-state index in [1.807, 2.05) is 12.1 Å². The Balaban J connectivity index is 1.60. The number of rotatable bonds is 9. The van der Waals surface area contributed by atoms with Crippen molar-refractivity contribution in [1.29, 1.82) is 0 Å². The van der Waals surface area contributed by atoms with E-state index in [4.69, 9.17) is 32.4 Å². The molecule has 1 aliphatic rings. The third-order valence-corrected chi connectivity index (χ3v) is 8.68. The molecule has 0 radical (unpaired) electrons. The van der Waals surface area contributed by atoms with Gasteiger partial charge in [-0.15, -0.1) is 0 Å². The fraction of sp³-hybridized carbons (Fsp3) is 0.219. The van der Waals surface area contributed by atoms with Gasteiger partial charge >= 0.3 is 5.63 Å². The molecule has 3 aromatic carbocycles. The van der Waals surface area contributed by atoms with E-state index in [2.05, 4.69) is 27.9 Å². The third-order valence-electron chi connectivity index (χ3n) is 7.20. The standard InChI is InChI=1S/C32H27Cl2IN2O7/c33-21-10-9-19(23(34)16-21)17-37(31(41)22-13-18-5-1-3-7-26(18)44-32(22)42)25-14-20(30(40)36-11-12-38)15-28(29(25)39)43-27-8-4-2-6-24(27)35/h1-10,13,15-16,25,28-29,38-39H,11-12,14,17H2,(H,36,40)/t25-,28+,29+/m1/s1. The molecule has 5 rings (SSSR count). The maximum absolute atomic E-state index is 14.3. The molecule has 0 spiro atoms. The van der Waals surface area contributed by atoms with Crippen molar-refractivity contribution < 1.29 is 29.0 Å². The smallest absolute Gasteiger partial charge is 0.349 e. The number of halogens is 3. The van der Waals surface area contributed by atoms with Crippen molar-refractivity contribution in [3.8, 4) is 5.75 Å². The number of benzene rings is 3. The number of amides is 2. The zero-order valence-corrected chi connectivity index (χ0v) is 26.8. The first kappa shape index (κ1) is 32.0. The van der Waals surface area contributed by atoms with E-state index in [0.29, 0.717) is 27.3 Å². The summed E-state index contributed by atoms with van der Waals surface area (Å²) in [5.41, 5.74) is -0.0603. The molecule has 228 valence electrons. The lowest BCUT2D eigenvalue weighted by atomic mass is 9.87. The summed E-state index contributed by atoms with van der Waals surface area (Å²) in [5.74, 6) is -0.753. The number of carbonyl (C=O) groups is 2. The Morgan fingerprint density at radius 3 is 2.57 bits per heavy atom. The van der Waals surface area contributed by atoms with Crippen LogP contribution in [0.4, 0.5) is 0 Å². The highest BCUT2D eigenvalue weighted by Gasteiger charge is 2.41. The van der Waals surface area contributed by atoms with Gasteiger partial charge in [-0.1, -0.05) is 59.6 Å². The third kappa shape index (κ3) is 7.10. The molecule has 9 nitrogen and oxygen atoms in total. The number of nitrogens with one attached hydrogen (secondary N) is 1. The maximum Gasteiger partial charge on any atom is 0.349 e. The summed E-state index contributed by atoms with van der Waals surface area (Å²) in [5, 5.41) is 24.9. The first-order valence-corrected chi connectivity index (χ1v) is 15.5. The van der Waals surface area contributed by atoms with Crippen molar-refractivity contribution in [2.75, 3.05) is 13.2 Å². The van der Waals surface area contributed by atoms with E-state index in [9.17, 15) is 24.6 Å². The van der Waals surface area contributed by atoms with E-state index in [1.54, 1.807) is 48.5 Å². The SMILES string of the molecule is O=C(NCCO)C1=C[C@H](Oc2ccccc2I)[C@@H](O)[C@H](N(Cc2ccc(Cl)cc2Cl)C(=O)c2cc3ccccc3oc2=O)C1. The summed E-state index contributed by atoms with van der Waals surface area (Å²) in [6, 6.07) is 19.2. The van der Waals surface area contributed by atoms with Crippen LogP contribution in [0.15, 0.2) is 93.7 Å². The molecule has 1 aromatic heterocycles. The van der Waals surface area contributed by atoms with Crippen LogP contribution in [-0.4, -0.2) is 58.3 Å². The predicted octanol–water partition coefficient (Wildman–Crippen LogP) is 4.96. The first-order valence-electron chi connectivity index (χ1n) is 13.6. The van der Waals surface area contributed by atoms with E-state index in [1.165, 1.54) is 23.1 Å². The van der Waals surface area contributed by atoms with Crippen molar-refractivity contribution in [2.45, 2.75) is 31.2 Å². The minimum absolute atomic E-state index is 0.00661. The fourth-order valence-electron chi connectivity index (χ4n) is 5.01. The number of nitrogens with zero attached hydrogens (tertiary/aromatic N) is 1. The summed E-state index contributed by atoms with van der Waals surface area (Å²) in [6.45, 7) is -0.402. The van der Waals surface area contributed by atoms with E-state index in [0.717, 1.165) is 3.57 Å². The van der Waals surface area contributed by atoms with Gasteiger partial charge in [0.25, 0.3) is 5.91 Å². The molecule has 0 bridgehead atoms. The Bertz CT molecular complexity index is 1790. The van der Waals surface area contributed by atoms with Crippen LogP contribution in [-0.2, 0) is 11.3 Å². The second-order valence-corrected chi connectivity index (χ2v) is 12.1. The highest BCUT2D eigenvalue weighted by Crippen LogP contribution is 2.32. The Hall–Kier alpha value is -3.42. The van der Waals surface area contributed by atoms with Crippen LogP contribution in [0.5, 0.6) is 5.75 Å². The lowest BCUT2D eigenvalue weighted by molar-refractivity contribution is -0.118. The van der Waals surface area contributed by atoms with Crippen LogP contribution in [0, 0.1) is 3.57 Å². The van der Waals surface area contributed by atoms with E-state index < -0.39 is 35.7 Å². The zero-order valence-electron chi connectivity index (χ0n) is 23.1. The molecular weight excluding hydrogens is 722 g/mol. The van der Waals surface area contributed by atoms with Crippen LogP contribution in [0.25, 0.3) is 11.0 Å². The van der Waals surface area contributed by atoms with E-state index in [-0.39, 0.29) is 42.3 Å². The van der Waals surface area contributed by atoms with Gasteiger partial charge < -0.3 is 29.6 Å². The van der Waals surface area contributed by atoms with Gasteiger partial charge in [-0.25, -0.2) is 4.79 Å². The molecule has 0 saturated carbocycles. The van der Waals surface area contributed by atoms with Crippen LogP contribution < -0.4 is 15.7 Å². The zero-order chi connectivity index (χ0) is 31.4. The van der Waals surface area contributed by atoms with Gasteiger partial charge in [0.2, 0.25) is 5.91 Å². The van der Waals surface area contributed by atoms with Gasteiger partial charge in [0.1, 0.15) is 29.1 Å². The Morgan fingerprint density at radius 2 is 1.82 bits per heavy atom. The molecule has 0 saturated heterocycles. The maximum atomic E-state index is 14.3. The largest absolute Gasteiger partial charge is 0.482 e. The van der Waals surface area contributed by atoms with E-state index >= 15 is 0 Å². The van der Waals surface area contributed by atoms with Crippen LogP contribution >= 0.6 is 45.8 Å². The lowest BCUT2D eigenvalue weighted by Gasteiger charge is -2.40. The van der Waals surface area contributed by atoms with Crippen molar-refractivity contribution in [2.24, 2.45) is 0 Å². The Morgan fingerprint density at radius 1 is 1.07 bits per heavy atom. The number of fused-ring (bicyclic) bond motifs is 1. The molecule has 44 heavy (non-hydrogen) atoms. The second kappa shape index (κ2) is 14.1. The Kier molecular flexibility index (Phi) is 10.3. The minimum Gasteiger partial charge on any atom is -0.482 e. The predicted molar refractivity (Wildman–Crippen MR) is 175 cm³/mol. The van der Waals surface area contributed by atoms with Gasteiger partial charge in [0, 0.05) is 40.5 Å². The van der Waals surface area contributed by atoms with Crippen LogP contribution in [0.3, 0.4) is 0 Å². The summed E-state index contributed by atoms with van der Waals surface area (Å²) in [4.78, 5) is 41.9. The monoisotopic (exact) mass is 748 g/mol. The average Bonchev–Trinajstić information content (AvgIpc) is 3.01. The number of aliphatic hydroxyl groups is 2. The highest BCUT2D eigenvalue weighted by atomic mass is 127. The fourth-order valence-corrected chi connectivity index (χ4v) is 5.99. The number of hydrogen-bond acceptors (Lipinski definition) is 7. The van der Waals surface area contributed by atoms with Gasteiger partial charge in [-0.3, -0.25) is 9.59 Å². The molecule has 2 amide bonds. The van der Waals surface area contributed by atoms with Gasteiger partial charge in [0.15, 0.2) is 0 Å². The normalized spacial score (nSPS) is 18.0. The molecule has 0 aliphatic heterocycles. The minimum atomic E-state index is -1.33. The molecule has 4 aromatic rings. The summed E-state index contributed by atoms with van der Waals surface area (Å²) in [6.07, 6.45) is -0.953. The molecule has 1 aliphatic carbocycles. The second-order valence-electron chi connectivity index (χ2n) is 10.1. The van der Waals surface area contributed by atoms with Crippen molar-refractivity contribution in [3.63, 3.8) is 0 Å². The molecule has 12 heteroatoms. The topological polar surface area (TPSA) is 129 Å². The first-order chi connectivity index (χ1) is 21.2. The number of para-hydroxylation sites is 2. The van der Waals surface area contributed by atoms with Gasteiger partial charge in [-0.05, 0) is 70.6 Å². The summed E-state index contributed by atoms with van der Waals surface area (Å²) < 4.78 is 12.4. The van der Waals surface area contributed by atoms with Crippen molar-refractivity contribution in [3.05, 3.63) is 120 Å². The van der Waals surface area contributed by atoms with Crippen molar-refractivity contribution in [1.82, 2.24) is 10.2 Å². The number of carbonyl (C=O) groups excluding carboxylic acids is 2. The lowest BCUT2D eigenvalue weighted by Crippen LogP contribution is -2.55. The molecule has 3 atom stereocenters. The van der Waals surface area contributed by atoms with Crippen molar-refractivity contribution >= 4 is 68.6 Å².